The summed E-state index contributed by atoms with van der Waals surface area (Å²) >= 11 is 1.43. The molecule has 1 aromatic heterocycles. The van der Waals surface area contributed by atoms with Gasteiger partial charge in [0, 0.05) is 23.4 Å². The molecule has 0 bridgehead atoms. The smallest absolute Gasteiger partial charge is 0.416 e. The molecule has 1 amide bonds. The highest BCUT2D eigenvalue weighted by atomic mass is 32.1. The molecule has 4 nitrogen and oxygen atoms in total. The molecule has 0 radical (unpaired) electrons. The van der Waals surface area contributed by atoms with Gasteiger partial charge in [-0.1, -0.05) is 24.3 Å². The fraction of sp³-hybridized carbons (Fsp3) is 0.273. The highest BCUT2D eigenvalue weighted by Gasteiger charge is 2.30. The third-order valence-electron chi connectivity index (χ3n) is 5.06. The van der Waals surface area contributed by atoms with Crippen LogP contribution in [0.2, 0.25) is 0 Å². The van der Waals surface area contributed by atoms with Gasteiger partial charge in [-0.15, -0.1) is 11.3 Å². The van der Waals surface area contributed by atoms with Crippen LogP contribution in [0.25, 0.3) is 10.6 Å². The number of benzene rings is 2. The number of hydrogen-bond acceptors (Lipinski definition) is 4. The zero-order chi connectivity index (χ0) is 21.3. The second-order valence-corrected chi connectivity index (χ2v) is 8.14. The monoisotopic (exact) mass is 432 g/mol. The highest BCUT2D eigenvalue weighted by molar-refractivity contribution is 7.15. The van der Waals surface area contributed by atoms with E-state index < -0.39 is 11.7 Å². The Morgan fingerprint density at radius 2 is 1.83 bits per heavy atom. The van der Waals surface area contributed by atoms with Crippen molar-refractivity contribution in [3.63, 3.8) is 0 Å². The van der Waals surface area contributed by atoms with E-state index in [0.717, 1.165) is 34.0 Å². The maximum atomic E-state index is 12.8. The molecule has 0 saturated heterocycles. The summed E-state index contributed by atoms with van der Waals surface area (Å²) in [5.74, 6) is 0.782. The number of alkyl halides is 3. The van der Waals surface area contributed by atoms with Crippen LogP contribution in [0, 0.1) is 0 Å². The first-order valence-electron chi connectivity index (χ1n) is 9.40. The highest BCUT2D eigenvalue weighted by Crippen LogP contribution is 2.34. The van der Waals surface area contributed by atoms with Gasteiger partial charge in [0.25, 0.3) is 0 Å². The van der Waals surface area contributed by atoms with Crippen molar-refractivity contribution in [2.45, 2.75) is 25.6 Å². The topological polar surface area (TPSA) is 42.4 Å². The minimum Gasteiger partial charge on any atom is -0.497 e. The fourth-order valence-corrected chi connectivity index (χ4v) is 4.49. The number of aromatic nitrogens is 1. The zero-order valence-corrected chi connectivity index (χ0v) is 17.0. The summed E-state index contributed by atoms with van der Waals surface area (Å²) in [5, 5.41) is 0.679. The van der Waals surface area contributed by atoms with E-state index in [1.807, 2.05) is 24.3 Å². The van der Waals surface area contributed by atoms with Crippen molar-refractivity contribution in [2.24, 2.45) is 0 Å². The number of thiazole rings is 1. The molecule has 0 spiro atoms. The van der Waals surface area contributed by atoms with Crippen LogP contribution >= 0.6 is 11.3 Å². The lowest BCUT2D eigenvalue weighted by Gasteiger charge is -2.26. The van der Waals surface area contributed by atoms with Crippen molar-refractivity contribution in [1.82, 2.24) is 9.88 Å². The summed E-state index contributed by atoms with van der Waals surface area (Å²) in [6.07, 6.45) is -3.41. The number of ether oxygens (including phenoxy) is 1. The number of methoxy groups -OCH3 is 1. The molecule has 30 heavy (non-hydrogen) atoms. The first-order chi connectivity index (χ1) is 14.3. The Hall–Kier alpha value is -2.87. The Labute approximate surface area is 175 Å². The summed E-state index contributed by atoms with van der Waals surface area (Å²) in [6, 6.07) is 12.4. The van der Waals surface area contributed by atoms with Gasteiger partial charge >= 0.3 is 6.18 Å². The third-order valence-corrected chi connectivity index (χ3v) is 6.19. The number of carbonyl (C=O) groups excluding carboxylic acids is 1. The molecule has 0 atom stereocenters. The Morgan fingerprint density at radius 1 is 1.13 bits per heavy atom. The van der Waals surface area contributed by atoms with Crippen molar-refractivity contribution < 1.29 is 22.7 Å². The van der Waals surface area contributed by atoms with Crippen LogP contribution in [0.3, 0.4) is 0 Å². The Bertz CT molecular complexity index is 1040. The molecule has 0 aliphatic carbocycles. The molecule has 0 unspecified atom stereocenters. The van der Waals surface area contributed by atoms with E-state index in [1.165, 1.54) is 23.5 Å². The van der Waals surface area contributed by atoms with E-state index in [-0.39, 0.29) is 5.91 Å². The van der Waals surface area contributed by atoms with Crippen molar-refractivity contribution in [3.8, 4) is 16.3 Å². The van der Waals surface area contributed by atoms with Crippen LogP contribution in [-0.4, -0.2) is 29.4 Å². The van der Waals surface area contributed by atoms with Gasteiger partial charge in [-0.05, 0) is 29.8 Å². The average Bonchev–Trinajstić information content (AvgIpc) is 3.17. The quantitative estimate of drug-likeness (QED) is 0.585. The number of carbonyl (C=O) groups is 1. The largest absolute Gasteiger partial charge is 0.497 e. The van der Waals surface area contributed by atoms with Gasteiger partial charge in [-0.2, -0.15) is 13.2 Å². The van der Waals surface area contributed by atoms with Gasteiger partial charge in [0.2, 0.25) is 5.91 Å². The number of halogens is 3. The van der Waals surface area contributed by atoms with Gasteiger partial charge in [0.1, 0.15) is 10.8 Å². The van der Waals surface area contributed by atoms with Gasteiger partial charge < -0.3 is 9.64 Å². The summed E-state index contributed by atoms with van der Waals surface area (Å²) in [5.41, 5.74) is 1.81. The predicted octanol–water partition coefficient (Wildman–Crippen LogP) is 4.96. The van der Waals surface area contributed by atoms with Crippen LogP contribution in [0.4, 0.5) is 13.2 Å². The summed E-state index contributed by atoms with van der Waals surface area (Å²) in [7, 11) is 1.60. The van der Waals surface area contributed by atoms with E-state index in [9.17, 15) is 18.0 Å². The zero-order valence-electron chi connectivity index (χ0n) is 16.2. The van der Waals surface area contributed by atoms with Gasteiger partial charge in [0.05, 0.1) is 31.3 Å². The van der Waals surface area contributed by atoms with Crippen LogP contribution in [-0.2, 0) is 30.4 Å². The molecule has 0 saturated carbocycles. The van der Waals surface area contributed by atoms with E-state index in [0.29, 0.717) is 36.5 Å². The van der Waals surface area contributed by atoms with Crippen LogP contribution < -0.4 is 4.74 Å². The second kappa shape index (κ2) is 8.10. The molecule has 0 fully saturated rings. The van der Waals surface area contributed by atoms with Crippen molar-refractivity contribution in [3.05, 3.63) is 70.2 Å². The van der Waals surface area contributed by atoms with Crippen molar-refractivity contribution in [1.29, 1.82) is 0 Å². The van der Waals surface area contributed by atoms with Crippen molar-refractivity contribution >= 4 is 17.2 Å². The maximum absolute atomic E-state index is 12.8. The Balaban J connectivity index is 1.45. The lowest BCUT2D eigenvalue weighted by molar-refractivity contribution is -0.137. The van der Waals surface area contributed by atoms with Crippen LogP contribution in [0.1, 0.15) is 21.7 Å². The first-order valence-corrected chi connectivity index (χ1v) is 10.2. The van der Waals surface area contributed by atoms with E-state index in [4.69, 9.17) is 4.74 Å². The minimum atomic E-state index is -4.36. The molecule has 1 aliphatic rings. The number of amides is 1. The summed E-state index contributed by atoms with van der Waals surface area (Å²) in [6.45, 7) is 1.06. The Morgan fingerprint density at radius 3 is 2.47 bits per heavy atom. The fourth-order valence-electron chi connectivity index (χ4n) is 3.36. The first kappa shape index (κ1) is 20.4. The number of fused-ring (bicyclic) bond motifs is 1. The van der Waals surface area contributed by atoms with E-state index in [2.05, 4.69) is 4.98 Å². The number of hydrogen-bond donors (Lipinski definition) is 0. The normalized spacial score (nSPS) is 13.8. The van der Waals surface area contributed by atoms with Crippen LogP contribution in [0.15, 0.2) is 48.5 Å². The average molecular weight is 432 g/mol. The van der Waals surface area contributed by atoms with Gasteiger partial charge in [-0.3, -0.25) is 4.79 Å². The van der Waals surface area contributed by atoms with E-state index >= 15 is 0 Å². The molecule has 0 N–H and O–H groups in total. The molecule has 1 aliphatic heterocycles. The second-order valence-electron chi connectivity index (χ2n) is 7.05. The molecule has 2 aromatic carbocycles. The lowest BCUT2D eigenvalue weighted by atomic mass is 10.1. The molecular weight excluding hydrogens is 413 g/mol. The molecule has 8 heteroatoms. The van der Waals surface area contributed by atoms with Gasteiger partial charge in [-0.25, -0.2) is 4.98 Å². The molecule has 2 heterocycles. The molecule has 3 aromatic rings. The minimum absolute atomic E-state index is 0.0373. The van der Waals surface area contributed by atoms with Crippen molar-refractivity contribution in [2.75, 3.05) is 13.7 Å². The van der Waals surface area contributed by atoms with E-state index in [1.54, 1.807) is 12.0 Å². The summed E-state index contributed by atoms with van der Waals surface area (Å²) in [4.78, 5) is 20.1. The maximum Gasteiger partial charge on any atom is 0.416 e. The molecular formula is C22H19F3N2O2S. The Kier molecular flexibility index (Phi) is 5.51. The third kappa shape index (κ3) is 4.33. The standard InChI is InChI=1S/C22H19F3N2O2S/c1-29-17-8-2-14(3-9-17)12-20(28)27-11-10-18-19(13-27)30-21(26-18)15-4-6-16(7-5-15)22(23,24)25/h2-9H,10-13H2,1H3. The lowest BCUT2D eigenvalue weighted by Crippen LogP contribution is -2.36. The molecule has 4 rings (SSSR count). The SMILES string of the molecule is COc1ccc(CC(=O)N2CCc3nc(-c4ccc(C(F)(F)F)cc4)sc3C2)cc1. The number of nitrogens with zero attached hydrogens (tertiary/aromatic N) is 2. The predicted molar refractivity (Wildman–Crippen MR) is 108 cm³/mol. The molecule has 156 valence electrons. The summed E-state index contributed by atoms with van der Waals surface area (Å²) < 4.78 is 43.4. The number of rotatable bonds is 4. The van der Waals surface area contributed by atoms with Gasteiger partial charge in [0.15, 0.2) is 0 Å². The van der Waals surface area contributed by atoms with Crippen LogP contribution in [0.5, 0.6) is 5.75 Å².